The van der Waals surface area contributed by atoms with Gasteiger partial charge in [0.05, 0.1) is 6.54 Å². The van der Waals surface area contributed by atoms with Crippen molar-refractivity contribution < 1.29 is 14.3 Å². The fourth-order valence-electron chi connectivity index (χ4n) is 1.43. The molecule has 1 amide bonds. The first kappa shape index (κ1) is 11.3. The summed E-state index contributed by atoms with van der Waals surface area (Å²) < 4.78 is 9.93. The summed E-state index contributed by atoms with van der Waals surface area (Å²) in [4.78, 5) is 12.9. The van der Waals surface area contributed by atoms with E-state index in [-0.39, 0.29) is 12.2 Å². The number of nitrogens with zero attached hydrogens (tertiary/aromatic N) is 1. The molecule has 0 radical (unpaired) electrons. The SMILES string of the molecule is COCCCCN1CC(CN)OC1=O. The van der Waals surface area contributed by atoms with E-state index in [1.165, 1.54) is 0 Å². The van der Waals surface area contributed by atoms with Crippen molar-refractivity contribution in [3.63, 3.8) is 0 Å². The largest absolute Gasteiger partial charge is 0.443 e. The van der Waals surface area contributed by atoms with Crippen LogP contribution in [0.25, 0.3) is 0 Å². The molecule has 0 aromatic rings. The van der Waals surface area contributed by atoms with Crippen molar-refractivity contribution >= 4 is 6.09 Å². The Hall–Kier alpha value is -0.810. The van der Waals surface area contributed by atoms with Crippen LogP contribution in [0.2, 0.25) is 0 Å². The van der Waals surface area contributed by atoms with Crippen LogP contribution >= 0.6 is 0 Å². The van der Waals surface area contributed by atoms with Crippen LogP contribution in [0.1, 0.15) is 12.8 Å². The van der Waals surface area contributed by atoms with Crippen molar-refractivity contribution in [1.29, 1.82) is 0 Å². The third-order valence-corrected chi connectivity index (χ3v) is 2.24. The highest BCUT2D eigenvalue weighted by atomic mass is 16.6. The van der Waals surface area contributed by atoms with E-state index in [4.69, 9.17) is 15.2 Å². The van der Waals surface area contributed by atoms with Crippen LogP contribution in [0.3, 0.4) is 0 Å². The molecule has 82 valence electrons. The van der Waals surface area contributed by atoms with Gasteiger partial charge in [0.2, 0.25) is 0 Å². The fourth-order valence-corrected chi connectivity index (χ4v) is 1.43. The van der Waals surface area contributed by atoms with Crippen molar-refractivity contribution in [1.82, 2.24) is 4.90 Å². The monoisotopic (exact) mass is 202 g/mol. The van der Waals surface area contributed by atoms with Crippen molar-refractivity contribution in [2.45, 2.75) is 18.9 Å². The van der Waals surface area contributed by atoms with Crippen molar-refractivity contribution in [3.05, 3.63) is 0 Å². The zero-order chi connectivity index (χ0) is 10.4. The molecule has 0 saturated carbocycles. The quantitative estimate of drug-likeness (QED) is 0.624. The second kappa shape index (κ2) is 5.82. The normalized spacial score (nSPS) is 21.4. The molecule has 0 aliphatic carbocycles. The number of amides is 1. The first-order valence-corrected chi connectivity index (χ1v) is 4.92. The zero-order valence-electron chi connectivity index (χ0n) is 8.57. The van der Waals surface area contributed by atoms with E-state index in [0.29, 0.717) is 13.1 Å². The van der Waals surface area contributed by atoms with Gasteiger partial charge in [-0.3, -0.25) is 0 Å². The highest BCUT2D eigenvalue weighted by Gasteiger charge is 2.29. The molecular weight excluding hydrogens is 184 g/mol. The molecule has 1 rings (SSSR count). The number of cyclic esters (lactones) is 1. The molecule has 1 heterocycles. The fraction of sp³-hybridized carbons (Fsp3) is 0.889. The lowest BCUT2D eigenvalue weighted by Crippen LogP contribution is -2.28. The van der Waals surface area contributed by atoms with Gasteiger partial charge in [-0.2, -0.15) is 0 Å². The number of nitrogens with two attached hydrogens (primary N) is 1. The minimum absolute atomic E-state index is 0.120. The maximum atomic E-state index is 11.2. The summed E-state index contributed by atoms with van der Waals surface area (Å²) in [5.41, 5.74) is 5.41. The molecule has 0 aromatic carbocycles. The van der Waals surface area contributed by atoms with Gasteiger partial charge in [-0.1, -0.05) is 0 Å². The number of rotatable bonds is 6. The van der Waals surface area contributed by atoms with Crippen LogP contribution in [0.4, 0.5) is 4.79 Å². The summed E-state index contributed by atoms with van der Waals surface area (Å²) in [6, 6.07) is 0. The van der Waals surface area contributed by atoms with Crippen LogP contribution in [0, 0.1) is 0 Å². The Morgan fingerprint density at radius 1 is 1.64 bits per heavy atom. The average molecular weight is 202 g/mol. The van der Waals surface area contributed by atoms with Crippen LogP contribution in [0.5, 0.6) is 0 Å². The van der Waals surface area contributed by atoms with Gasteiger partial charge in [-0.05, 0) is 12.8 Å². The van der Waals surface area contributed by atoms with Crippen LogP contribution in [-0.4, -0.2) is 50.4 Å². The van der Waals surface area contributed by atoms with E-state index in [0.717, 1.165) is 26.0 Å². The third-order valence-electron chi connectivity index (χ3n) is 2.24. The van der Waals surface area contributed by atoms with Crippen molar-refractivity contribution in [2.24, 2.45) is 5.73 Å². The van der Waals surface area contributed by atoms with Crippen LogP contribution < -0.4 is 5.73 Å². The Labute approximate surface area is 84.1 Å². The lowest BCUT2D eigenvalue weighted by molar-refractivity contribution is 0.134. The number of hydrogen-bond acceptors (Lipinski definition) is 4. The smallest absolute Gasteiger partial charge is 0.410 e. The maximum absolute atomic E-state index is 11.2. The summed E-state index contributed by atoms with van der Waals surface area (Å²) in [7, 11) is 1.68. The minimum Gasteiger partial charge on any atom is -0.443 e. The molecule has 14 heavy (non-hydrogen) atoms. The van der Waals surface area contributed by atoms with Gasteiger partial charge in [0.1, 0.15) is 6.10 Å². The first-order valence-electron chi connectivity index (χ1n) is 4.92. The van der Waals surface area contributed by atoms with E-state index in [2.05, 4.69) is 0 Å². The average Bonchev–Trinajstić information content (AvgIpc) is 2.54. The number of carbonyl (C=O) groups excluding carboxylic acids is 1. The highest BCUT2D eigenvalue weighted by Crippen LogP contribution is 2.10. The second-order valence-electron chi connectivity index (χ2n) is 3.39. The molecule has 5 nitrogen and oxygen atoms in total. The lowest BCUT2D eigenvalue weighted by Gasteiger charge is -2.11. The van der Waals surface area contributed by atoms with E-state index in [1.54, 1.807) is 12.0 Å². The van der Waals surface area contributed by atoms with Gasteiger partial charge < -0.3 is 20.1 Å². The van der Waals surface area contributed by atoms with Crippen LogP contribution in [0.15, 0.2) is 0 Å². The van der Waals surface area contributed by atoms with Crippen molar-refractivity contribution in [3.8, 4) is 0 Å². The standard InChI is InChI=1S/C9H18N2O3/c1-13-5-3-2-4-11-7-8(6-10)14-9(11)12/h8H,2-7,10H2,1H3. The van der Waals surface area contributed by atoms with E-state index in [9.17, 15) is 4.79 Å². The molecule has 1 fully saturated rings. The summed E-state index contributed by atoms with van der Waals surface area (Å²) >= 11 is 0. The van der Waals surface area contributed by atoms with E-state index < -0.39 is 0 Å². The van der Waals surface area contributed by atoms with Gasteiger partial charge in [-0.25, -0.2) is 4.79 Å². The molecule has 1 unspecified atom stereocenters. The Balaban J connectivity index is 2.15. The van der Waals surface area contributed by atoms with Crippen molar-refractivity contribution in [2.75, 3.05) is 33.4 Å². The molecular formula is C9H18N2O3. The van der Waals surface area contributed by atoms with Gasteiger partial charge >= 0.3 is 6.09 Å². The first-order chi connectivity index (χ1) is 6.77. The number of unbranched alkanes of at least 4 members (excludes halogenated alkanes) is 1. The number of carbonyl (C=O) groups is 1. The number of hydrogen-bond donors (Lipinski definition) is 1. The molecule has 0 aromatic heterocycles. The number of methoxy groups -OCH3 is 1. The molecule has 1 atom stereocenters. The van der Waals surface area contributed by atoms with Gasteiger partial charge in [-0.15, -0.1) is 0 Å². The van der Waals surface area contributed by atoms with E-state index in [1.807, 2.05) is 0 Å². The molecule has 1 aliphatic rings. The zero-order valence-corrected chi connectivity index (χ0v) is 8.57. The molecule has 0 spiro atoms. The second-order valence-corrected chi connectivity index (χ2v) is 3.39. The highest BCUT2D eigenvalue weighted by molar-refractivity contribution is 5.69. The predicted molar refractivity (Wildman–Crippen MR) is 52.0 cm³/mol. The third kappa shape index (κ3) is 3.16. The Morgan fingerprint density at radius 3 is 3.00 bits per heavy atom. The van der Waals surface area contributed by atoms with E-state index >= 15 is 0 Å². The van der Waals surface area contributed by atoms with Gasteiger partial charge in [0.15, 0.2) is 0 Å². The van der Waals surface area contributed by atoms with Gasteiger partial charge in [0.25, 0.3) is 0 Å². The predicted octanol–water partition coefficient (Wildman–Crippen LogP) is 0.193. The molecule has 1 aliphatic heterocycles. The Kier molecular flexibility index (Phi) is 4.69. The molecule has 5 heteroatoms. The summed E-state index contributed by atoms with van der Waals surface area (Å²) in [5, 5.41) is 0. The summed E-state index contributed by atoms with van der Waals surface area (Å²) in [6.45, 7) is 2.50. The topological polar surface area (TPSA) is 64.8 Å². The summed E-state index contributed by atoms with van der Waals surface area (Å²) in [5.74, 6) is 0. The maximum Gasteiger partial charge on any atom is 0.410 e. The van der Waals surface area contributed by atoms with Crippen LogP contribution in [-0.2, 0) is 9.47 Å². The Morgan fingerprint density at radius 2 is 2.43 bits per heavy atom. The summed E-state index contributed by atoms with van der Waals surface area (Å²) in [6.07, 6.45) is 1.55. The molecule has 1 saturated heterocycles. The molecule has 0 bridgehead atoms. The molecule has 2 N–H and O–H groups in total. The lowest BCUT2D eigenvalue weighted by atomic mass is 10.3. The number of ether oxygens (including phenoxy) is 2. The Bertz CT molecular complexity index is 187. The van der Waals surface area contributed by atoms with Gasteiger partial charge in [0, 0.05) is 26.8 Å². The minimum atomic E-state index is -0.238.